The van der Waals surface area contributed by atoms with Crippen molar-refractivity contribution in [2.45, 2.75) is 25.5 Å². The Labute approximate surface area is 195 Å². The standard InChI is InChI=1S/C25H23BrN2O4/c1-15(2)32-24(30)27-23-19-6-4-5-7-20(19)25(28-23,16-8-11-18(31-3)12-9-16)17-10-13-22(29)21(26)14-17/h4-15,29H,1-3H3,(H,27,28,30). The van der Waals surface area contributed by atoms with E-state index < -0.39 is 11.6 Å². The number of carbonyl (C=O) groups excluding carboxylic acids is 1. The number of aromatic hydroxyl groups is 1. The molecule has 3 aromatic rings. The van der Waals surface area contributed by atoms with Crippen molar-refractivity contribution in [3.05, 3.63) is 93.5 Å². The Hall–Kier alpha value is -3.32. The summed E-state index contributed by atoms with van der Waals surface area (Å²) in [6.45, 7) is 3.58. The first-order chi connectivity index (χ1) is 15.3. The molecule has 7 heteroatoms. The van der Waals surface area contributed by atoms with Crippen LogP contribution in [0.15, 0.2) is 76.2 Å². The molecule has 1 atom stereocenters. The molecule has 3 aromatic carbocycles. The second kappa shape index (κ2) is 8.67. The maximum Gasteiger partial charge on any atom is 0.413 e. The van der Waals surface area contributed by atoms with Crippen LogP contribution in [-0.4, -0.2) is 30.2 Å². The summed E-state index contributed by atoms with van der Waals surface area (Å²) >= 11 is 3.43. The first-order valence-corrected chi connectivity index (χ1v) is 11.0. The van der Waals surface area contributed by atoms with Gasteiger partial charge in [0.1, 0.15) is 22.9 Å². The summed E-state index contributed by atoms with van der Waals surface area (Å²) in [7, 11) is 1.62. The number of hydrogen-bond donors (Lipinski definition) is 2. The molecule has 1 aliphatic heterocycles. The fraction of sp³-hybridized carbons (Fsp3) is 0.200. The number of fused-ring (bicyclic) bond motifs is 1. The molecule has 6 nitrogen and oxygen atoms in total. The Morgan fingerprint density at radius 3 is 2.41 bits per heavy atom. The molecule has 2 N–H and O–H groups in total. The Balaban J connectivity index is 1.95. The summed E-state index contributed by atoms with van der Waals surface area (Å²) in [5.41, 5.74) is 2.47. The number of benzene rings is 3. The fourth-order valence-corrected chi connectivity index (χ4v) is 4.28. The molecule has 0 spiro atoms. The van der Waals surface area contributed by atoms with Gasteiger partial charge in [0.05, 0.1) is 17.7 Å². The van der Waals surface area contributed by atoms with Crippen molar-refractivity contribution in [3.8, 4) is 11.5 Å². The zero-order valence-electron chi connectivity index (χ0n) is 17.9. The molecule has 1 heterocycles. The van der Waals surface area contributed by atoms with Gasteiger partial charge in [0, 0.05) is 5.56 Å². The number of halogens is 1. The van der Waals surface area contributed by atoms with E-state index in [4.69, 9.17) is 14.5 Å². The highest BCUT2D eigenvalue weighted by atomic mass is 79.9. The smallest absolute Gasteiger partial charge is 0.413 e. The summed E-state index contributed by atoms with van der Waals surface area (Å²) < 4.78 is 11.2. The molecular weight excluding hydrogens is 472 g/mol. The molecule has 164 valence electrons. The van der Waals surface area contributed by atoms with Gasteiger partial charge in [-0.15, -0.1) is 0 Å². The number of ether oxygens (including phenoxy) is 2. The molecule has 0 aromatic heterocycles. The van der Waals surface area contributed by atoms with E-state index in [1.807, 2.05) is 60.7 Å². The SMILES string of the molecule is COc1ccc(C2(c3ccc(O)c(Br)c3)N=C(NC(=O)OC(C)C)c3ccccc32)cc1. The van der Waals surface area contributed by atoms with Crippen LogP contribution >= 0.6 is 15.9 Å². The van der Waals surface area contributed by atoms with Gasteiger partial charge < -0.3 is 14.6 Å². The Kier molecular flexibility index (Phi) is 5.93. The number of carbonyl (C=O) groups is 1. The quantitative estimate of drug-likeness (QED) is 0.512. The van der Waals surface area contributed by atoms with Gasteiger partial charge in [-0.2, -0.15) is 0 Å². The minimum absolute atomic E-state index is 0.132. The lowest BCUT2D eigenvalue weighted by Gasteiger charge is -2.29. The predicted octanol–water partition coefficient (Wildman–Crippen LogP) is 5.35. The molecule has 1 aliphatic rings. The number of alkyl carbamates (subject to hydrolysis) is 1. The molecule has 4 rings (SSSR count). The van der Waals surface area contributed by atoms with E-state index in [1.165, 1.54) is 0 Å². The van der Waals surface area contributed by atoms with Crippen LogP contribution in [0.5, 0.6) is 11.5 Å². The van der Waals surface area contributed by atoms with Gasteiger partial charge in [-0.1, -0.05) is 42.5 Å². The zero-order valence-corrected chi connectivity index (χ0v) is 19.5. The minimum Gasteiger partial charge on any atom is -0.507 e. The van der Waals surface area contributed by atoms with Crippen LogP contribution in [0.1, 0.15) is 36.1 Å². The van der Waals surface area contributed by atoms with Gasteiger partial charge in [-0.3, -0.25) is 5.32 Å². The van der Waals surface area contributed by atoms with Gasteiger partial charge in [0.15, 0.2) is 0 Å². The molecule has 1 unspecified atom stereocenters. The molecule has 0 saturated carbocycles. The summed E-state index contributed by atoms with van der Waals surface area (Å²) in [4.78, 5) is 17.5. The molecular formula is C25H23BrN2O4. The molecule has 0 bridgehead atoms. The van der Waals surface area contributed by atoms with Gasteiger partial charge in [-0.25, -0.2) is 9.79 Å². The molecule has 0 aliphatic carbocycles. The van der Waals surface area contributed by atoms with E-state index in [0.717, 1.165) is 28.0 Å². The van der Waals surface area contributed by atoms with E-state index in [-0.39, 0.29) is 11.9 Å². The highest BCUT2D eigenvalue weighted by Gasteiger charge is 2.44. The first kappa shape index (κ1) is 21.9. The fourth-order valence-electron chi connectivity index (χ4n) is 3.90. The zero-order chi connectivity index (χ0) is 22.9. The van der Waals surface area contributed by atoms with Crippen LogP contribution < -0.4 is 10.1 Å². The second-order valence-corrected chi connectivity index (χ2v) is 8.54. The lowest BCUT2D eigenvalue weighted by Crippen LogP contribution is -2.32. The number of aliphatic imine (C=N–C) groups is 1. The summed E-state index contributed by atoms with van der Waals surface area (Å²) in [5.74, 6) is 1.28. The van der Waals surface area contributed by atoms with Crippen LogP contribution in [-0.2, 0) is 10.3 Å². The largest absolute Gasteiger partial charge is 0.507 e. The van der Waals surface area contributed by atoms with Gasteiger partial charge in [0.2, 0.25) is 0 Å². The maximum absolute atomic E-state index is 12.4. The lowest BCUT2D eigenvalue weighted by molar-refractivity contribution is 0.120. The van der Waals surface area contributed by atoms with E-state index >= 15 is 0 Å². The summed E-state index contributed by atoms with van der Waals surface area (Å²) in [6.07, 6.45) is -0.822. The number of rotatable bonds is 4. The molecule has 0 saturated heterocycles. The number of nitrogens with one attached hydrogen (secondary N) is 1. The number of amidine groups is 1. The average molecular weight is 495 g/mol. The number of methoxy groups -OCH3 is 1. The predicted molar refractivity (Wildman–Crippen MR) is 126 cm³/mol. The van der Waals surface area contributed by atoms with Crippen molar-refractivity contribution < 1.29 is 19.4 Å². The third-order valence-electron chi connectivity index (χ3n) is 5.29. The van der Waals surface area contributed by atoms with Gasteiger partial charge in [-0.05, 0) is 70.7 Å². The molecule has 32 heavy (non-hydrogen) atoms. The normalized spacial score (nSPS) is 17.0. The van der Waals surface area contributed by atoms with Crippen molar-refractivity contribution in [1.29, 1.82) is 0 Å². The number of amides is 1. The van der Waals surface area contributed by atoms with E-state index in [2.05, 4.69) is 21.2 Å². The first-order valence-electron chi connectivity index (χ1n) is 10.2. The monoisotopic (exact) mass is 494 g/mol. The summed E-state index contributed by atoms with van der Waals surface area (Å²) in [5, 5.41) is 12.9. The van der Waals surface area contributed by atoms with E-state index in [9.17, 15) is 9.90 Å². The Morgan fingerprint density at radius 1 is 1.06 bits per heavy atom. The van der Waals surface area contributed by atoms with Crippen molar-refractivity contribution in [3.63, 3.8) is 0 Å². The van der Waals surface area contributed by atoms with Crippen molar-refractivity contribution in [1.82, 2.24) is 5.32 Å². The highest BCUT2D eigenvalue weighted by molar-refractivity contribution is 9.10. The third kappa shape index (κ3) is 3.84. The van der Waals surface area contributed by atoms with Gasteiger partial charge >= 0.3 is 6.09 Å². The minimum atomic E-state index is -0.945. The van der Waals surface area contributed by atoms with Gasteiger partial charge in [0.25, 0.3) is 0 Å². The van der Waals surface area contributed by atoms with E-state index in [1.54, 1.807) is 27.0 Å². The lowest BCUT2D eigenvalue weighted by atomic mass is 9.77. The third-order valence-corrected chi connectivity index (χ3v) is 5.92. The van der Waals surface area contributed by atoms with Crippen LogP contribution in [0, 0.1) is 0 Å². The van der Waals surface area contributed by atoms with Crippen molar-refractivity contribution >= 4 is 27.9 Å². The molecule has 0 radical (unpaired) electrons. The van der Waals surface area contributed by atoms with Crippen molar-refractivity contribution in [2.75, 3.05) is 7.11 Å². The number of hydrogen-bond acceptors (Lipinski definition) is 5. The number of nitrogens with zero attached hydrogens (tertiary/aromatic N) is 1. The van der Waals surface area contributed by atoms with Crippen molar-refractivity contribution in [2.24, 2.45) is 4.99 Å². The van der Waals surface area contributed by atoms with E-state index in [0.29, 0.717) is 10.3 Å². The van der Waals surface area contributed by atoms with Crippen LogP contribution in [0.3, 0.4) is 0 Å². The molecule has 1 amide bonds. The van der Waals surface area contributed by atoms with Crippen LogP contribution in [0.2, 0.25) is 0 Å². The maximum atomic E-state index is 12.4. The Morgan fingerprint density at radius 2 is 1.75 bits per heavy atom. The topological polar surface area (TPSA) is 80.2 Å². The Bertz CT molecular complexity index is 1190. The van der Waals surface area contributed by atoms with Crippen LogP contribution in [0.25, 0.3) is 0 Å². The molecule has 0 fully saturated rings. The average Bonchev–Trinajstić information content (AvgIpc) is 3.10. The highest BCUT2D eigenvalue weighted by Crippen LogP contribution is 2.47. The number of phenols is 1. The number of phenolic OH excluding ortho intramolecular Hbond substituents is 1. The second-order valence-electron chi connectivity index (χ2n) is 7.69. The van der Waals surface area contributed by atoms with Crippen LogP contribution in [0.4, 0.5) is 4.79 Å². The summed E-state index contributed by atoms with van der Waals surface area (Å²) in [6, 6.07) is 20.7.